The quantitative estimate of drug-likeness (QED) is 0.0764. The fourth-order valence-electron chi connectivity index (χ4n) is 4.39. The molecule has 0 spiro atoms. The van der Waals surface area contributed by atoms with Crippen LogP contribution < -0.4 is 5.32 Å². The molecule has 35 heavy (non-hydrogen) atoms. The molecule has 0 saturated heterocycles. The van der Waals surface area contributed by atoms with E-state index in [0.29, 0.717) is 18.2 Å². The minimum atomic E-state index is -0.474. The van der Waals surface area contributed by atoms with Crippen molar-refractivity contribution < 1.29 is 14.5 Å². The number of unbranched alkanes of at least 4 members (excludes halogenated alkanes) is 12. The highest BCUT2D eigenvalue weighted by Gasteiger charge is 2.16. The number of nitro benzene ring substituents is 1. The number of nitro groups is 1. The molecule has 0 aliphatic rings. The molecule has 6 nitrogen and oxygen atoms in total. The second-order valence-corrected chi connectivity index (χ2v) is 9.95. The van der Waals surface area contributed by atoms with Gasteiger partial charge in [-0.25, -0.2) is 4.79 Å². The third-order valence-corrected chi connectivity index (χ3v) is 6.63. The van der Waals surface area contributed by atoms with Gasteiger partial charge in [-0.2, -0.15) is 0 Å². The van der Waals surface area contributed by atoms with E-state index >= 15 is 0 Å². The van der Waals surface area contributed by atoms with Crippen LogP contribution in [0.25, 0.3) is 0 Å². The maximum absolute atomic E-state index is 12.4. The Morgan fingerprint density at radius 1 is 0.829 bits per heavy atom. The molecule has 6 heteroatoms. The van der Waals surface area contributed by atoms with Gasteiger partial charge in [0.25, 0.3) is 5.69 Å². The largest absolute Gasteiger partial charge is 0.458 e. The molecule has 200 valence electrons. The van der Waals surface area contributed by atoms with Crippen LogP contribution in [-0.4, -0.2) is 29.6 Å². The number of hydrogen-bond donors (Lipinski definition) is 1. The highest BCUT2D eigenvalue weighted by atomic mass is 16.6. The second kappa shape index (κ2) is 20.3. The number of ether oxygens (including phenoxy) is 1. The van der Waals surface area contributed by atoms with Gasteiger partial charge < -0.3 is 10.1 Å². The second-order valence-electron chi connectivity index (χ2n) is 9.95. The Labute approximate surface area is 213 Å². The van der Waals surface area contributed by atoms with Crippen molar-refractivity contribution in [1.29, 1.82) is 0 Å². The molecule has 0 bridgehead atoms. The normalized spacial score (nSPS) is 12.1. The summed E-state index contributed by atoms with van der Waals surface area (Å²) in [6, 6.07) is 6.02. The number of non-ortho nitro benzene ring substituents is 1. The Kier molecular flexibility index (Phi) is 18.0. The molecule has 1 aromatic rings. The van der Waals surface area contributed by atoms with Gasteiger partial charge in [0.15, 0.2) is 0 Å². The summed E-state index contributed by atoms with van der Waals surface area (Å²) in [6.07, 6.45) is 20.5. The number of rotatable bonds is 22. The van der Waals surface area contributed by atoms with E-state index in [1.807, 2.05) is 6.92 Å². The summed E-state index contributed by atoms with van der Waals surface area (Å²) in [6.45, 7) is 7.03. The first-order valence-electron chi connectivity index (χ1n) is 14.2. The van der Waals surface area contributed by atoms with Gasteiger partial charge in [0.2, 0.25) is 0 Å². The van der Waals surface area contributed by atoms with Crippen LogP contribution in [-0.2, 0) is 4.74 Å². The smallest absolute Gasteiger partial charge is 0.338 e. The molecule has 1 atom stereocenters. The van der Waals surface area contributed by atoms with Crippen LogP contribution in [0.2, 0.25) is 0 Å². The van der Waals surface area contributed by atoms with E-state index < -0.39 is 10.9 Å². The average molecular weight is 491 g/mol. The summed E-state index contributed by atoms with van der Waals surface area (Å²) in [5.74, 6) is -0.440. The minimum Gasteiger partial charge on any atom is -0.458 e. The summed E-state index contributed by atoms with van der Waals surface area (Å²) in [7, 11) is 0. The van der Waals surface area contributed by atoms with Crippen LogP contribution in [0.4, 0.5) is 5.69 Å². The van der Waals surface area contributed by atoms with E-state index in [1.54, 1.807) is 0 Å². The Balaban J connectivity index is 2.41. The number of carbonyl (C=O) groups is 1. The van der Waals surface area contributed by atoms with Gasteiger partial charge in [-0.15, -0.1) is 0 Å². The highest BCUT2D eigenvalue weighted by molar-refractivity contribution is 5.89. The summed E-state index contributed by atoms with van der Waals surface area (Å²) in [5, 5.41) is 14.5. The van der Waals surface area contributed by atoms with Crippen molar-refractivity contribution in [2.75, 3.05) is 6.54 Å². The van der Waals surface area contributed by atoms with Crippen molar-refractivity contribution in [2.45, 2.75) is 136 Å². The molecule has 0 aliphatic carbocycles. The molecule has 1 aromatic carbocycles. The topological polar surface area (TPSA) is 81.5 Å². The van der Waals surface area contributed by atoms with Crippen LogP contribution in [0.5, 0.6) is 0 Å². The molecule has 0 aromatic heterocycles. The number of hydrogen-bond acceptors (Lipinski definition) is 5. The minimum absolute atomic E-state index is 0.0326. The first kappa shape index (κ1) is 31.1. The first-order valence-corrected chi connectivity index (χ1v) is 14.2. The molecule has 0 radical (unpaired) electrons. The number of nitrogens with one attached hydrogen (secondary N) is 1. The van der Waals surface area contributed by atoms with Gasteiger partial charge in [-0.05, 0) is 31.9 Å². The third kappa shape index (κ3) is 15.6. The lowest BCUT2D eigenvalue weighted by Crippen LogP contribution is -2.36. The zero-order valence-electron chi connectivity index (χ0n) is 22.6. The van der Waals surface area contributed by atoms with E-state index in [9.17, 15) is 14.9 Å². The SMILES string of the molecule is CCCCCCCCCC(CCCCCCCCC)NCC(C)OC(=O)c1ccc([N+](=O)[O-])cc1. The summed E-state index contributed by atoms with van der Waals surface area (Å²) >= 11 is 0. The number of benzene rings is 1. The Morgan fingerprint density at radius 3 is 1.74 bits per heavy atom. The molecular weight excluding hydrogens is 440 g/mol. The van der Waals surface area contributed by atoms with Crippen LogP contribution in [0.1, 0.15) is 134 Å². The van der Waals surface area contributed by atoms with Crippen molar-refractivity contribution in [3.05, 3.63) is 39.9 Å². The average Bonchev–Trinajstić information content (AvgIpc) is 2.85. The zero-order valence-corrected chi connectivity index (χ0v) is 22.6. The van der Waals surface area contributed by atoms with E-state index in [4.69, 9.17) is 4.74 Å². The molecule has 0 saturated carbocycles. The van der Waals surface area contributed by atoms with E-state index in [2.05, 4.69) is 19.2 Å². The van der Waals surface area contributed by atoms with E-state index in [-0.39, 0.29) is 11.8 Å². The van der Waals surface area contributed by atoms with Gasteiger partial charge in [0, 0.05) is 24.7 Å². The molecule has 0 aliphatic heterocycles. The van der Waals surface area contributed by atoms with Gasteiger partial charge in [-0.1, -0.05) is 104 Å². The maximum atomic E-state index is 12.4. The van der Waals surface area contributed by atoms with Gasteiger partial charge in [0.1, 0.15) is 6.10 Å². The molecule has 0 amide bonds. The predicted molar refractivity (Wildman–Crippen MR) is 145 cm³/mol. The van der Waals surface area contributed by atoms with Crippen LogP contribution in [0.3, 0.4) is 0 Å². The lowest BCUT2D eigenvalue weighted by molar-refractivity contribution is -0.384. The molecule has 1 N–H and O–H groups in total. The zero-order chi connectivity index (χ0) is 25.7. The fraction of sp³-hybridized carbons (Fsp3) is 0.759. The maximum Gasteiger partial charge on any atom is 0.338 e. The van der Waals surface area contributed by atoms with E-state index in [0.717, 1.165) is 0 Å². The van der Waals surface area contributed by atoms with Crippen molar-refractivity contribution >= 4 is 11.7 Å². The summed E-state index contributed by atoms with van der Waals surface area (Å²) in [4.78, 5) is 22.7. The van der Waals surface area contributed by atoms with Gasteiger partial charge >= 0.3 is 5.97 Å². The Hall–Kier alpha value is -1.95. The highest BCUT2D eigenvalue weighted by Crippen LogP contribution is 2.16. The van der Waals surface area contributed by atoms with Crippen LogP contribution in [0, 0.1) is 10.1 Å². The third-order valence-electron chi connectivity index (χ3n) is 6.63. The summed E-state index contributed by atoms with van der Waals surface area (Å²) in [5.41, 5.74) is 0.306. The van der Waals surface area contributed by atoms with Crippen molar-refractivity contribution in [2.24, 2.45) is 0 Å². The first-order chi connectivity index (χ1) is 17.0. The number of carbonyl (C=O) groups excluding carboxylic acids is 1. The van der Waals surface area contributed by atoms with E-state index in [1.165, 1.54) is 127 Å². The number of esters is 1. The fourth-order valence-corrected chi connectivity index (χ4v) is 4.39. The monoisotopic (exact) mass is 490 g/mol. The molecule has 1 unspecified atom stereocenters. The Morgan fingerprint density at radius 2 is 1.29 bits per heavy atom. The standard InChI is InChI=1S/C29H50N2O4/c1-4-6-8-10-12-14-16-18-27(19-17-15-13-11-9-7-5-2)30-24-25(3)35-29(32)26-20-22-28(23-21-26)31(33)34/h20-23,25,27,30H,4-19,24H2,1-3H3. The van der Waals surface area contributed by atoms with Crippen LogP contribution >= 0.6 is 0 Å². The summed E-state index contributed by atoms with van der Waals surface area (Å²) < 4.78 is 5.58. The lowest BCUT2D eigenvalue weighted by atomic mass is 9.99. The van der Waals surface area contributed by atoms with Crippen molar-refractivity contribution in [3.63, 3.8) is 0 Å². The number of nitrogens with zero attached hydrogens (tertiary/aromatic N) is 1. The van der Waals surface area contributed by atoms with Crippen molar-refractivity contribution in [3.8, 4) is 0 Å². The Bertz CT molecular complexity index is 660. The van der Waals surface area contributed by atoms with Gasteiger partial charge in [0.05, 0.1) is 10.5 Å². The van der Waals surface area contributed by atoms with Crippen molar-refractivity contribution in [1.82, 2.24) is 5.32 Å². The van der Waals surface area contributed by atoms with Crippen LogP contribution in [0.15, 0.2) is 24.3 Å². The molecule has 0 heterocycles. The lowest BCUT2D eigenvalue weighted by Gasteiger charge is -2.22. The van der Waals surface area contributed by atoms with Gasteiger partial charge in [-0.3, -0.25) is 10.1 Å². The predicted octanol–water partition coefficient (Wildman–Crippen LogP) is 8.38. The molecule has 0 fully saturated rings. The molecular formula is C29H50N2O4. The molecule has 1 rings (SSSR count).